The van der Waals surface area contributed by atoms with Crippen LogP contribution in [0.2, 0.25) is 0 Å². The number of piperazine rings is 1. The first kappa shape index (κ1) is 48.1. The molecular weight excluding hydrogens is 915 g/mol. The number of hydrogen-bond acceptors (Lipinski definition) is 13. The van der Waals surface area contributed by atoms with Gasteiger partial charge in [-0.1, -0.05) is 42.5 Å². The summed E-state index contributed by atoms with van der Waals surface area (Å²) >= 11 is 1.37. The van der Waals surface area contributed by atoms with E-state index in [1.54, 1.807) is 55.8 Å². The highest BCUT2D eigenvalue weighted by Gasteiger charge is 2.32. The number of aromatic nitrogens is 4. The molecule has 1 saturated heterocycles. The third-order valence-electron chi connectivity index (χ3n) is 11.8. The van der Waals surface area contributed by atoms with Crippen LogP contribution in [0.1, 0.15) is 22.4 Å². The van der Waals surface area contributed by atoms with Gasteiger partial charge in [0.25, 0.3) is 0 Å². The van der Waals surface area contributed by atoms with Crippen LogP contribution in [-0.2, 0) is 26.9 Å². The maximum absolute atomic E-state index is 14.3. The summed E-state index contributed by atoms with van der Waals surface area (Å²) in [4.78, 5) is 53.3. The molecular formula is C49H51FN6O10PS+. The first-order valence-corrected chi connectivity index (χ1v) is 24.1. The third-order valence-corrected chi connectivity index (χ3v) is 13.4. The van der Waals surface area contributed by atoms with Gasteiger partial charge in [-0.3, -0.25) is 4.90 Å². The molecule has 1 atom stereocenters. The van der Waals surface area contributed by atoms with Gasteiger partial charge in [0.2, 0.25) is 12.0 Å². The summed E-state index contributed by atoms with van der Waals surface area (Å²) in [6.07, 6.45) is 1.53. The van der Waals surface area contributed by atoms with E-state index in [2.05, 4.69) is 19.9 Å². The third kappa shape index (κ3) is 11.5. The van der Waals surface area contributed by atoms with E-state index in [4.69, 9.17) is 38.2 Å². The number of phosphoric acid groups is 1. The van der Waals surface area contributed by atoms with Crippen LogP contribution in [0, 0.1) is 19.7 Å². The van der Waals surface area contributed by atoms with Crippen LogP contribution in [-0.4, -0.2) is 117 Å². The van der Waals surface area contributed by atoms with Crippen molar-refractivity contribution in [2.24, 2.45) is 0 Å². The Bertz CT molecular complexity index is 2940. The van der Waals surface area contributed by atoms with E-state index in [1.165, 1.54) is 29.8 Å². The number of thiophene rings is 1. The highest BCUT2D eigenvalue weighted by Crippen LogP contribution is 2.49. The van der Waals surface area contributed by atoms with Crippen molar-refractivity contribution in [3.63, 3.8) is 0 Å². The van der Waals surface area contributed by atoms with Crippen molar-refractivity contribution >= 4 is 35.3 Å². The fourth-order valence-corrected chi connectivity index (χ4v) is 9.78. The molecule has 354 valence electrons. The number of carboxylic acid groups (broad SMARTS) is 1. The van der Waals surface area contributed by atoms with Gasteiger partial charge in [-0.2, -0.15) is 0 Å². The Morgan fingerprint density at radius 2 is 1.62 bits per heavy atom. The lowest BCUT2D eigenvalue weighted by atomic mass is 9.92. The molecule has 4 aromatic carbocycles. The zero-order valence-corrected chi connectivity index (χ0v) is 39.6. The average Bonchev–Trinajstić information content (AvgIpc) is 3.71. The predicted molar refractivity (Wildman–Crippen MR) is 254 cm³/mol. The number of halogens is 1. The Hall–Kier alpha value is -6.37. The molecule has 3 aromatic heterocycles. The molecule has 1 fully saturated rings. The van der Waals surface area contributed by atoms with Crippen LogP contribution >= 0.6 is 19.2 Å². The van der Waals surface area contributed by atoms with E-state index in [9.17, 15) is 18.9 Å². The molecule has 7 aromatic rings. The van der Waals surface area contributed by atoms with Crippen LogP contribution in [0.3, 0.4) is 0 Å². The number of carbonyl (C=O) groups is 1. The topological polar surface area (TPSA) is 196 Å². The van der Waals surface area contributed by atoms with E-state index in [-0.39, 0.29) is 31.5 Å². The Kier molecular flexibility index (Phi) is 14.8. The molecule has 16 nitrogen and oxygen atoms in total. The molecule has 1 aliphatic rings. The van der Waals surface area contributed by atoms with Crippen molar-refractivity contribution in [3.05, 3.63) is 132 Å². The first-order valence-electron chi connectivity index (χ1n) is 21.8. The second-order valence-electron chi connectivity index (χ2n) is 16.7. The monoisotopic (exact) mass is 965 g/mol. The SMILES string of the molecule is COc1ccccc1-c1nccc(COc2ccccc2C[C@@H](Oc2ncnc3sc(-c4ccc(F)cc4)c(-c4c(C)cc(OCCN5CC[N+](C)(COP(=O)(O)O)CC5)cc4C)c23)C(=O)O)n1. The van der Waals surface area contributed by atoms with Crippen LogP contribution in [0.25, 0.3) is 43.2 Å². The van der Waals surface area contributed by atoms with Gasteiger partial charge in [-0.15, -0.1) is 11.3 Å². The maximum Gasteiger partial charge on any atom is 0.474 e. The number of rotatable bonds is 19. The second-order valence-corrected chi connectivity index (χ2v) is 19.0. The van der Waals surface area contributed by atoms with Gasteiger partial charge in [0.1, 0.15) is 47.4 Å². The van der Waals surface area contributed by atoms with Crippen LogP contribution in [0.4, 0.5) is 4.39 Å². The summed E-state index contributed by atoms with van der Waals surface area (Å²) in [5.74, 6) is 0.716. The Labute approximate surface area is 396 Å². The van der Waals surface area contributed by atoms with Gasteiger partial charge < -0.3 is 38.3 Å². The maximum atomic E-state index is 14.3. The predicted octanol–water partition coefficient (Wildman–Crippen LogP) is 8.11. The number of para-hydroxylation sites is 2. The zero-order valence-electron chi connectivity index (χ0n) is 37.9. The minimum absolute atomic E-state index is 0.0632. The summed E-state index contributed by atoms with van der Waals surface area (Å²) in [6.45, 7) is 7.78. The lowest BCUT2D eigenvalue weighted by Gasteiger charge is -2.41. The Morgan fingerprint density at radius 1 is 0.912 bits per heavy atom. The standard InChI is InChI=1S/C49H50FN6O10PS/c1-31-25-37(63-24-21-55-19-22-56(3,23-20-55)30-65-67(59,60)61)26-32(2)42(31)43-44-47(52-29-53-48(44)68-45(43)33-13-15-35(50)16-14-33)66-41(49(57)58)27-34-9-5-7-11-39(34)64-28-36-17-18-51-46(54-36)38-10-6-8-12-40(38)62-4/h5-18,25-26,29,41H,19-24,27-28,30H2,1-4H3,(H2-,57,58,59,60,61)/p+1/t41-/m1/s1. The number of quaternary nitrogens is 1. The molecule has 1 aliphatic heterocycles. The number of aryl methyl sites for hydroxylation is 2. The van der Waals surface area contributed by atoms with Gasteiger partial charge in [0, 0.05) is 42.7 Å². The van der Waals surface area contributed by atoms with E-state index in [1.807, 2.05) is 57.3 Å². The molecule has 0 spiro atoms. The largest absolute Gasteiger partial charge is 0.496 e. The highest BCUT2D eigenvalue weighted by molar-refractivity contribution is 7.46. The number of ether oxygens (including phenoxy) is 4. The van der Waals surface area contributed by atoms with Crippen molar-refractivity contribution in [3.8, 4) is 56.1 Å². The molecule has 19 heteroatoms. The Morgan fingerprint density at radius 3 is 2.32 bits per heavy atom. The van der Waals surface area contributed by atoms with Crippen molar-refractivity contribution in [1.29, 1.82) is 0 Å². The van der Waals surface area contributed by atoms with E-state index < -0.39 is 19.9 Å². The lowest BCUT2D eigenvalue weighted by molar-refractivity contribution is -0.928. The number of methoxy groups -OCH3 is 1. The van der Waals surface area contributed by atoms with E-state index in [0.29, 0.717) is 88.4 Å². The molecule has 0 bridgehead atoms. The number of nitrogens with zero attached hydrogens (tertiary/aromatic N) is 6. The lowest BCUT2D eigenvalue weighted by Crippen LogP contribution is -2.58. The van der Waals surface area contributed by atoms with Crippen molar-refractivity contribution in [1.82, 2.24) is 24.8 Å². The Balaban J connectivity index is 1.04. The molecule has 0 unspecified atom stereocenters. The molecule has 0 saturated carbocycles. The fraction of sp³-hybridized carbons (Fsp3) is 0.286. The normalized spacial score (nSPS) is 14.4. The minimum atomic E-state index is -4.55. The van der Waals surface area contributed by atoms with Crippen LogP contribution in [0.5, 0.6) is 23.1 Å². The minimum Gasteiger partial charge on any atom is -0.496 e. The highest BCUT2D eigenvalue weighted by atomic mass is 32.1. The van der Waals surface area contributed by atoms with Crippen molar-refractivity contribution in [2.45, 2.75) is 33.0 Å². The average molecular weight is 966 g/mol. The first-order chi connectivity index (χ1) is 32.7. The molecule has 0 radical (unpaired) electrons. The molecule has 3 N–H and O–H groups in total. The zero-order chi connectivity index (χ0) is 48.0. The second kappa shape index (κ2) is 20.9. The summed E-state index contributed by atoms with van der Waals surface area (Å²) in [5.41, 5.74) is 5.97. The molecule has 68 heavy (non-hydrogen) atoms. The summed E-state index contributed by atoms with van der Waals surface area (Å²) in [6, 6.07) is 26.5. The van der Waals surface area contributed by atoms with Gasteiger partial charge in [-0.05, 0) is 90.2 Å². The molecule has 0 amide bonds. The van der Waals surface area contributed by atoms with Gasteiger partial charge in [0.15, 0.2) is 12.6 Å². The summed E-state index contributed by atoms with van der Waals surface area (Å²) in [7, 11) is -1.05. The van der Waals surface area contributed by atoms with Crippen LogP contribution in [0.15, 0.2) is 104 Å². The number of phosphoric ester groups is 1. The van der Waals surface area contributed by atoms with Gasteiger partial charge >= 0.3 is 13.8 Å². The van der Waals surface area contributed by atoms with Gasteiger partial charge in [0.05, 0.1) is 43.9 Å². The van der Waals surface area contributed by atoms with Crippen LogP contribution < -0.4 is 18.9 Å². The van der Waals surface area contributed by atoms with Crippen molar-refractivity contribution < 1.29 is 56.6 Å². The molecule has 4 heterocycles. The van der Waals surface area contributed by atoms with E-state index >= 15 is 0 Å². The molecule has 8 rings (SSSR count). The number of hydrogen-bond donors (Lipinski definition) is 3. The van der Waals surface area contributed by atoms with E-state index in [0.717, 1.165) is 38.3 Å². The number of carboxylic acids is 1. The summed E-state index contributed by atoms with van der Waals surface area (Å²) in [5, 5.41) is 11.2. The number of likely N-dealkylation sites (N-methyl/N-ethyl adjacent to an activating group) is 1. The van der Waals surface area contributed by atoms with Crippen molar-refractivity contribution in [2.75, 3.05) is 60.2 Å². The fourth-order valence-electron chi connectivity index (χ4n) is 8.20. The quantitative estimate of drug-likeness (QED) is 0.0519. The van der Waals surface area contributed by atoms with Gasteiger partial charge in [-0.25, -0.2) is 38.2 Å². The number of fused-ring (bicyclic) bond motifs is 1. The number of aliphatic carboxylic acids is 1. The smallest absolute Gasteiger partial charge is 0.474 e. The number of benzene rings is 4. The summed E-state index contributed by atoms with van der Waals surface area (Å²) < 4.78 is 55.2. The molecule has 0 aliphatic carbocycles.